The summed E-state index contributed by atoms with van der Waals surface area (Å²) in [5, 5.41) is 5.89. The number of amides is 1. The van der Waals surface area contributed by atoms with Crippen molar-refractivity contribution in [3.8, 4) is 0 Å². The van der Waals surface area contributed by atoms with Crippen LogP contribution in [-0.4, -0.2) is 23.9 Å². The minimum Gasteiger partial charge on any atom is -0.375 e. The van der Waals surface area contributed by atoms with E-state index in [0.717, 1.165) is 30.8 Å². The Kier molecular flexibility index (Phi) is 4.17. The second kappa shape index (κ2) is 6.08. The van der Waals surface area contributed by atoms with Crippen molar-refractivity contribution in [2.24, 2.45) is 0 Å². The fourth-order valence-electron chi connectivity index (χ4n) is 2.51. The molecule has 1 aromatic heterocycles. The fraction of sp³-hybridized carbons (Fsp3) is 0.312. The van der Waals surface area contributed by atoms with E-state index in [-0.39, 0.29) is 12.5 Å². The Labute approximate surface area is 133 Å². The van der Waals surface area contributed by atoms with Crippen molar-refractivity contribution in [2.45, 2.75) is 19.9 Å². The van der Waals surface area contributed by atoms with Gasteiger partial charge < -0.3 is 10.2 Å². The number of thiophene rings is 1. The topological polar surface area (TPSA) is 32.3 Å². The summed E-state index contributed by atoms with van der Waals surface area (Å²) in [5.74, 6) is 0.114. The largest absolute Gasteiger partial charge is 0.375 e. The normalized spacial score (nSPS) is 13.9. The molecule has 0 radical (unpaired) electrons. The van der Waals surface area contributed by atoms with Gasteiger partial charge in [0.15, 0.2) is 0 Å². The van der Waals surface area contributed by atoms with Crippen molar-refractivity contribution < 1.29 is 4.79 Å². The van der Waals surface area contributed by atoms with Crippen LogP contribution >= 0.6 is 22.9 Å². The van der Waals surface area contributed by atoms with Crippen molar-refractivity contribution in [1.29, 1.82) is 0 Å². The summed E-state index contributed by atoms with van der Waals surface area (Å²) in [4.78, 5) is 15.6. The van der Waals surface area contributed by atoms with Gasteiger partial charge in [-0.25, -0.2) is 0 Å². The lowest BCUT2D eigenvalue weighted by Gasteiger charge is -2.27. The first kappa shape index (κ1) is 14.4. The zero-order valence-electron chi connectivity index (χ0n) is 11.9. The number of carbonyl (C=O) groups excluding carboxylic acids is 1. The Balaban J connectivity index is 1.60. The van der Waals surface area contributed by atoms with Gasteiger partial charge in [0.2, 0.25) is 5.91 Å². The van der Waals surface area contributed by atoms with Crippen LogP contribution < -0.4 is 5.32 Å². The molecule has 3 rings (SSSR count). The molecule has 0 atom stereocenters. The van der Waals surface area contributed by atoms with Gasteiger partial charge in [0.05, 0.1) is 17.3 Å². The van der Waals surface area contributed by atoms with E-state index in [1.54, 1.807) is 11.3 Å². The number of anilines is 1. The molecular formula is C16H17ClN2OS. The molecule has 0 spiro atoms. The lowest BCUT2D eigenvalue weighted by Crippen LogP contribution is -2.38. The Bertz CT molecular complexity index is 668. The van der Waals surface area contributed by atoms with Crippen molar-refractivity contribution >= 4 is 34.5 Å². The zero-order valence-corrected chi connectivity index (χ0v) is 13.4. The molecule has 21 heavy (non-hydrogen) atoms. The maximum absolute atomic E-state index is 12.3. The highest BCUT2D eigenvalue weighted by molar-refractivity contribution is 7.10. The maximum Gasteiger partial charge on any atom is 0.242 e. The zero-order chi connectivity index (χ0) is 14.8. The van der Waals surface area contributed by atoms with Crippen LogP contribution in [0.15, 0.2) is 29.6 Å². The van der Waals surface area contributed by atoms with Gasteiger partial charge in [-0.05, 0) is 48.1 Å². The van der Waals surface area contributed by atoms with Crippen LogP contribution in [0.5, 0.6) is 0 Å². The number of hydrogen-bond acceptors (Lipinski definition) is 3. The molecule has 0 bridgehead atoms. The average Bonchev–Trinajstić information content (AvgIpc) is 2.93. The second-order valence-corrected chi connectivity index (χ2v) is 6.68. The standard InChI is InChI=1S/C16H17ClN2OS/c1-11-2-3-14(13(17)8-11)18-9-16(20)19-6-4-15-12(10-19)5-7-21-15/h2-3,5,7-8,18H,4,6,9-10H2,1H3. The minimum absolute atomic E-state index is 0.114. The van der Waals surface area contributed by atoms with E-state index in [9.17, 15) is 4.79 Å². The van der Waals surface area contributed by atoms with Gasteiger partial charge in [0.1, 0.15) is 0 Å². The van der Waals surface area contributed by atoms with Crippen LogP contribution in [0.25, 0.3) is 0 Å². The fourth-order valence-corrected chi connectivity index (χ4v) is 3.70. The number of fused-ring (bicyclic) bond motifs is 1. The summed E-state index contributed by atoms with van der Waals surface area (Å²) in [6.07, 6.45) is 0.962. The van der Waals surface area contributed by atoms with Crippen LogP contribution in [0.1, 0.15) is 16.0 Å². The summed E-state index contributed by atoms with van der Waals surface area (Å²) >= 11 is 7.95. The molecule has 110 valence electrons. The highest BCUT2D eigenvalue weighted by Gasteiger charge is 2.21. The molecule has 5 heteroatoms. The third kappa shape index (κ3) is 3.22. The number of rotatable bonds is 3. The third-order valence-electron chi connectivity index (χ3n) is 3.72. The van der Waals surface area contributed by atoms with E-state index in [4.69, 9.17) is 11.6 Å². The maximum atomic E-state index is 12.3. The van der Waals surface area contributed by atoms with E-state index < -0.39 is 0 Å². The van der Waals surface area contributed by atoms with Crippen molar-refractivity contribution in [2.75, 3.05) is 18.4 Å². The predicted molar refractivity (Wildman–Crippen MR) is 88.1 cm³/mol. The number of aryl methyl sites for hydroxylation is 1. The Morgan fingerprint density at radius 3 is 3.10 bits per heavy atom. The smallest absolute Gasteiger partial charge is 0.242 e. The molecule has 2 heterocycles. The molecule has 0 aliphatic carbocycles. The van der Waals surface area contributed by atoms with Crippen LogP contribution in [-0.2, 0) is 17.8 Å². The molecule has 1 aliphatic rings. The lowest BCUT2D eigenvalue weighted by molar-refractivity contribution is -0.130. The van der Waals surface area contributed by atoms with Gasteiger partial charge in [-0.2, -0.15) is 0 Å². The van der Waals surface area contributed by atoms with Gasteiger partial charge in [-0.15, -0.1) is 11.3 Å². The number of nitrogens with zero attached hydrogens (tertiary/aromatic N) is 1. The molecule has 1 amide bonds. The van der Waals surface area contributed by atoms with Crippen LogP contribution in [0.4, 0.5) is 5.69 Å². The van der Waals surface area contributed by atoms with Gasteiger partial charge in [0, 0.05) is 18.0 Å². The van der Waals surface area contributed by atoms with Crippen LogP contribution in [0.2, 0.25) is 5.02 Å². The molecule has 1 aromatic carbocycles. The highest BCUT2D eigenvalue weighted by atomic mass is 35.5. The summed E-state index contributed by atoms with van der Waals surface area (Å²) < 4.78 is 0. The first-order chi connectivity index (χ1) is 10.1. The summed E-state index contributed by atoms with van der Waals surface area (Å²) in [7, 11) is 0. The molecule has 0 saturated carbocycles. The van der Waals surface area contributed by atoms with E-state index in [1.165, 1.54) is 10.4 Å². The van der Waals surface area contributed by atoms with Gasteiger partial charge in [-0.3, -0.25) is 4.79 Å². The van der Waals surface area contributed by atoms with Crippen molar-refractivity contribution in [3.63, 3.8) is 0 Å². The number of benzene rings is 1. The second-order valence-electron chi connectivity index (χ2n) is 5.27. The Hall–Kier alpha value is -1.52. The average molecular weight is 321 g/mol. The van der Waals surface area contributed by atoms with Gasteiger partial charge in [-0.1, -0.05) is 17.7 Å². The van der Waals surface area contributed by atoms with Crippen molar-refractivity contribution in [3.05, 3.63) is 50.7 Å². The van der Waals surface area contributed by atoms with E-state index >= 15 is 0 Å². The summed E-state index contributed by atoms with van der Waals surface area (Å²) in [6, 6.07) is 7.91. The SMILES string of the molecule is Cc1ccc(NCC(=O)N2CCc3sccc3C2)c(Cl)c1. The Morgan fingerprint density at radius 2 is 2.29 bits per heavy atom. The highest BCUT2D eigenvalue weighted by Crippen LogP contribution is 2.25. The van der Waals surface area contributed by atoms with E-state index in [2.05, 4.69) is 16.8 Å². The lowest BCUT2D eigenvalue weighted by atomic mass is 10.1. The molecule has 2 aromatic rings. The number of hydrogen-bond donors (Lipinski definition) is 1. The minimum atomic E-state index is 0.114. The molecule has 3 nitrogen and oxygen atoms in total. The molecule has 1 N–H and O–H groups in total. The third-order valence-corrected chi connectivity index (χ3v) is 5.05. The monoisotopic (exact) mass is 320 g/mol. The predicted octanol–water partition coefficient (Wildman–Crippen LogP) is 3.71. The molecule has 0 saturated heterocycles. The van der Waals surface area contributed by atoms with Crippen molar-refractivity contribution in [1.82, 2.24) is 4.90 Å². The van der Waals surface area contributed by atoms with Crippen LogP contribution in [0.3, 0.4) is 0 Å². The first-order valence-electron chi connectivity index (χ1n) is 6.96. The van der Waals surface area contributed by atoms with Gasteiger partial charge >= 0.3 is 0 Å². The quantitative estimate of drug-likeness (QED) is 0.935. The molecular weight excluding hydrogens is 304 g/mol. The summed E-state index contributed by atoms with van der Waals surface area (Å²) in [5.41, 5.74) is 3.20. The Morgan fingerprint density at radius 1 is 1.43 bits per heavy atom. The molecule has 0 fully saturated rings. The van der Waals surface area contributed by atoms with Crippen LogP contribution in [0, 0.1) is 6.92 Å². The molecule has 0 unspecified atom stereocenters. The number of halogens is 1. The number of carbonyl (C=O) groups is 1. The van der Waals surface area contributed by atoms with E-state index in [0.29, 0.717) is 5.02 Å². The number of nitrogens with one attached hydrogen (secondary N) is 1. The first-order valence-corrected chi connectivity index (χ1v) is 8.22. The van der Waals surface area contributed by atoms with E-state index in [1.807, 2.05) is 30.0 Å². The van der Waals surface area contributed by atoms with Gasteiger partial charge in [0.25, 0.3) is 0 Å². The summed E-state index contributed by atoms with van der Waals surface area (Å²) in [6.45, 7) is 3.80. The molecule has 1 aliphatic heterocycles.